The van der Waals surface area contributed by atoms with Crippen molar-refractivity contribution in [2.24, 2.45) is 23.7 Å². The van der Waals surface area contributed by atoms with Crippen LogP contribution >= 0.6 is 49.6 Å². The van der Waals surface area contributed by atoms with Gasteiger partial charge in [-0.3, -0.25) is 0 Å². The molecule has 4 aromatic rings. The zero-order valence-electron chi connectivity index (χ0n) is 37.3. The van der Waals surface area contributed by atoms with Gasteiger partial charge in [0.1, 0.15) is 11.2 Å². The van der Waals surface area contributed by atoms with E-state index in [0.717, 1.165) is 90.1 Å². The smallest absolute Gasteiger partial charge is 0.410 e. The molecule has 368 valence electrons. The lowest BCUT2D eigenvalue weighted by Gasteiger charge is -2.24. The molecule has 4 fully saturated rings. The van der Waals surface area contributed by atoms with Gasteiger partial charge in [-0.15, -0.1) is 49.6 Å². The molecular formula is C44H80Cl4N12O4. The topological polar surface area (TPSA) is 154 Å². The predicted molar refractivity (Wildman–Crippen MR) is 265 cm³/mol. The molecule has 0 unspecified atom stereocenters. The number of imidazole rings is 4. The zero-order valence-corrected chi connectivity index (χ0v) is 40.6. The molecule has 2 amide bonds. The van der Waals surface area contributed by atoms with Crippen molar-refractivity contribution in [3.05, 3.63) is 74.9 Å². The minimum Gasteiger partial charge on any atom is -0.444 e. The molecule has 0 spiro atoms. The van der Waals surface area contributed by atoms with E-state index in [1.165, 1.54) is 25.9 Å². The third kappa shape index (κ3) is 23.6. The molecule has 8 heterocycles. The van der Waals surface area contributed by atoms with Crippen molar-refractivity contribution in [1.29, 1.82) is 0 Å². The van der Waals surface area contributed by atoms with Crippen LogP contribution in [0.15, 0.2) is 74.9 Å². The molecule has 0 bridgehead atoms. The number of halogens is 4. The zero-order chi connectivity index (χ0) is 41.4. The summed E-state index contributed by atoms with van der Waals surface area (Å²) in [5.74, 6) is 2.60. The summed E-state index contributed by atoms with van der Waals surface area (Å²) in [6.07, 6.45) is 26.9. The number of nitrogens with zero attached hydrogens (tertiary/aromatic N) is 10. The highest BCUT2D eigenvalue weighted by Gasteiger charge is 2.31. The fourth-order valence-electron chi connectivity index (χ4n) is 7.46. The highest BCUT2D eigenvalue weighted by Crippen LogP contribution is 2.22. The lowest BCUT2D eigenvalue weighted by atomic mass is 10.1. The SMILES string of the molecule is C.C.CC(C)(C)OC(=O)N1CC[C@@H](Cn2ccnc2)C1.CC(C)(C)OC(=O)N1CC[C@H](Cn2ccnc2)C1.Cl.Cl.Cl.Cl.c1cn(C[C@@H]2CCNC2)cn1.c1cn(C[C@H]2CCNC2)cn1. The third-order valence-corrected chi connectivity index (χ3v) is 10.3. The Morgan fingerprint density at radius 3 is 1.05 bits per heavy atom. The van der Waals surface area contributed by atoms with Gasteiger partial charge >= 0.3 is 12.2 Å². The number of ether oxygens (including phenoxy) is 2. The predicted octanol–water partition coefficient (Wildman–Crippen LogP) is 8.22. The molecule has 4 atom stereocenters. The lowest BCUT2D eigenvalue weighted by molar-refractivity contribution is 0.0276. The van der Waals surface area contributed by atoms with E-state index in [4.69, 9.17) is 9.47 Å². The van der Waals surface area contributed by atoms with Crippen molar-refractivity contribution in [2.75, 3.05) is 52.4 Å². The quantitative estimate of drug-likeness (QED) is 0.177. The van der Waals surface area contributed by atoms with Gasteiger partial charge < -0.3 is 48.2 Å². The van der Waals surface area contributed by atoms with E-state index in [1.54, 1.807) is 22.2 Å². The van der Waals surface area contributed by atoms with Crippen LogP contribution < -0.4 is 10.6 Å². The molecule has 4 aromatic heterocycles. The Kier molecular flexibility index (Phi) is 30.7. The lowest BCUT2D eigenvalue weighted by Crippen LogP contribution is -2.35. The van der Waals surface area contributed by atoms with E-state index in [-0.39, 0.29) is 76.7 Å². The number of carbonyl (C=O) groups excluding carboxylic acids is 2. The molecule has 0 saturated carbocycles. The van der Waals surface area contributed by atoms with Gasteiger partial charge in [0, 0.05) is 102 Å². The minimum absolute atomic E-state index is 0. The number of aromatic nitrogens is 8. The number of hydrogen-bond donors (Lipinski definition) is 2. The largest absolute Gasteiger partial charge is 0.444 e. The normalized spacial score (nSPS) is 19.7. The van der Waals surface area contributed by atoms with Crippen LogP contribution in [-0.2, 0) is 35.7 Å². The van der Waals surface area contributed by atoms with Crippen LogP contribution in [0.5, 0.6) is 0 Å². The first kappa shape index (κ1) is 62.5. The molecule has 16 nitrogen and oxygen atoms in total. The summed E-state index contributed by atoms with van der Waals surface area (Å²) in [4.78, 5) is 43.4. The molecular weight excluding hydrogens is 902 g/mol. The Bertz CT molecular complexity index is 1580. The first-order valence-electron chi connectivity index (χ1n) is 21.0. The van der Waals surface area contributed by atoms with Crippen molar-refractivity contribution in [1.82, 2.24) is 58.6 Å². The summed E-state index contributed by atoms with van der Waals surface area (Å²) in [6, 6.07) is 0. The average Bonchev–Trinajstić information content (AvgIpc) is 4.02. The molecule has 0 aliphatic carbocycles. The van der Waals surface area contributed by atoms with Gasteiger partial charge in [-0.05, 0) is 117 Å². The van der Waals surface area contributed by atoms with Crippen LogP contribution in [0.3, 0.4) is 0 Å². The van der Waals surface area contributed by atoms with Gasteiger partial charge in [0.05, 0.1) is 25.3 Å². The first-order valence-corrected chi connectivity index (χ1v) is 21.0. The molecule has 4 saturated heterocycles. The van der Waals surface area contributed by atoms with E-state index in [1.807, 2.05) is 104 Å². The summed E-state index contributed by atoms with van der Waals surface area (Å²) >= 11 is 0. The maximum atomic E-state index is 11.9. The third-order valence-electron chi connectivity index (χ3n) is 10.3. The minimum atomic E-state index is -0.417. The van der Waals surface area contributed by atoms with Crippen molar-refractivity contribution in [2.45, 2.75) is 119 Å². The highest BCUT2D eigenvalue weighted by atomic mass is 35.5. The monoisotopic (exact) mass is 981 g/mol. The van der Waals surface area contributed by atoms with Gasteiger partial charge in [0.15, 0.2) is 0 Å². The van der Waals surface area contributed by atoms with Crippen LogP contribution in [0.1, 0.15) is 82.1 Å². The number of amides is 2. The highest BCUT2D eigenvalue weighted by molar-refractivity contribution is 5.86. The fraction of sp³-hybridized carbons (Fsp3) is 0.682. The second-order valence-corrected chi connectivity index (χ2v) is 17.9. The van der Waals surface area contributed by atoms with E-state index in [0.29, 0.717) is 11.8 Å². The summed E-state index contributed by atoms with van der Waals surface area (Å²) in [7, 11) is 0. The number of nitrogens with one attached hydrogen (secondary N) is 2. The van der Waals surface area contributed by atoms with Crippen molar-refractivity contribution in [3.63, 3.8) is 0 Å². The molecule has 0 aromatic carbocycles. The van der Waals surface area contributed by atoms with Crippen LogP contribution in [0.2, 0.25) is 0 Å². The van der Waals surface area contributed by atoms with Crippen LogP contribution in [0, 0.1) is 23.7 Å². The number of likely N-dealkylation sites (tertiary alicyclic amines) is 2. The first-order chi connectivity index (χ1) is 27.8. The number of rotatable bonds is 8. The standard InChI is InChI=1S/2C13H21N3O2.2C8H13N3.2CH4.4ClH/c2*1-13(2,3)18-12(17)16-6-4-11(9-16)8-15-7-5-14-10-15;2*1-2-9-5-8(1)6-11-4-3-10-7-11;;;;;;/h2*5,7,10-11H,4,6,8-9H2,1-3H3;2*3-4,7-9H,1-2,5-6H2;2*1H4;4*1H/t2*11-;2*8-;;;;;;/m1010....../s1. The van der Waals surface area contributed by atoms with Gasteiger partial charge in [-0.1, -0.05) is 14.9 Å². The van der Waals surface area contributed by atoms with E-state index in [2.05, 4.69) is 48.8 Å². The summed E-state index contributed by atoms with van der Waals surface area (Å²) in [5, 5.41) is 6.70. The molecule has 4 aliphatic heterocycles. The maximum absolute atomic E-state index is 11.9. The summed E-state index contributed by atoms with van der Waals surface area (Å²) in [5.41, 5.74) is -0.834. The second-order valence-electron chi connectivity index (χ2n) is 17.9. The summed E-state index contributed by atoms with van der Waals surface area (Å²) in [6.45, 7) is 23.2. The van der Waals surface area contributed by atoms with Gasteiger partial charge in [0.25, 0.3) is 0 Å². The molecule has 20 heteroatoms. The number of carbonyl (C=O) groups is 2. The van der Waals surface area contributed by atoms with E-state index >= 15 is 0 Å². The Morgan fingerprint density at radius 1 is 0.516 bits per heavy atom. The van der Waals surface area contributed by atoms with Crippen molar-refractivity contribution >= 4 is 61.8 Å². The number of hydrogen-bond acceptors (Lipinski definition) is 10. The average molecular weight is 983 g/mol. The van der Waals surface area contributed by atoms with Crippen LogP contribution in [-0.4, -0.2) is 124 Å². The second kappa shape index (κ2) is 31.4. The molecule has 4 aliphatic rings. The van der Waals surface area contributed by atoms with Crippen LogP contribution in [0.4, 0.5) is 9.59 Å². The van der Waals surface area contributed by atoms with Crippen LogP contribution in [0.25, 0.3) is 0 Å². The van der Waals surface area contributed by atoms with Gasteiger partial charge in [-0.25, -0.2) is 29.5 Å². The molecule has 8 rings (SSSR count). The van der Waals surface area contributed by atoms with Crippen molar-refractivity contribution in [3.8, 4) is 0 Å². The molecule has 64 heavy (non-hydrogen) atoms. The Hall–Kier alpha value is -3.54. The molecule has 2 N–H and O–H groups in total. The van der Waals surface area contributed by atoms with Gasteiger partial charge in [0.2, 0.25) is 0 Å². The van der Waals surface area contributed by atoms with Crippen molar-refractivity contribution < 1.29 is 19.1 Å². The molecule has 0 radical (unpaired) electrons. The fourth-order valence-corrected chi connectivity index (χ4v) is 7.46. The van der Waals surface area contributed by atoms with E-state index < -0.39 is 11.2 Å². The Labute approximate surface area is 408 Å². The summed E-state index contributed by atoms with van der Waals surface area (Å²) < 4.78 is 19.2. The van der Waals surface area contributed by atoms with Gasteiger partial charge in [-0.2, -0.15) is 0 Å². The Morgan fingerprint density at radius 2 is 0.812 bits per heavy atom. The maximum Gasteiger partial charge on any atom is 0.410 e. The van der Waals surface area contributed by atoms with E-state index in [9.17, 15) is 9.59 Å². The Balaban J connectivity index is 0.